The molecule has 1 atom stereocenters. The maximum absolute atomic E-state index is 15.3. The first kappa shape index (κ1) is 22.8. The summed E-state index contributed by atoms with van der Waals surface area (Å²) in [4.78, 5) is 1.88. The molecule has 32 heavy (non-hydrogen) atoms. The topological polar surface area (TPSA) is 12.5 Å². The predicted octanol–water partition coefficient (Wildman–Crippen LogP) is 7.23. The number of nitrogens with zero attached hydrogens (tertiary/aromatic N) is 1. The van der Waals surface area contributed by atoms with Gasteiger partial charge in [0.05, 0.1) is 7.11 Å². The van der Waals surface area contributed by atoms with Crippen molar-refractivity contribution in [3.63, 3.8) is 0 Å². The number of hydrogen-bond acceptors (Lipinski definition) is 2. The smallest absolute Gasteiger partial charge is 0.269 e. The second kappa shape index (κ2) is 9.22. The summed E-state index contributed by atoms with van der Waals surface area (Å²) < 4.78 is 36.9. The Balaban J connectivity index is 1.91. The van der Waals surface area contributed by atoms with Crippen LogP contribution in [0.4, 0.5) is 14.5 Å². The van der Waals surface area contributed by atoms with Crippen molar-refractivity contribution in [3.05, 3.63) is 93.5 Å². The van der Waals surface area contributed by atoms with Crippen molar-refractivity contribution in [2.45, 2.75) is 38.7 Å². The van der Waals surface area contributed by atoms with Crippen LogP contribution in [0.2, 0.25) is 0 Å². The number of halogens is 3. The van der Waals surface area contributed by atoms with Gasteiger partial charge in [-0.25, -0.2) is 8.78 Å². The van der Waals surface area contributed by atoms with Gasteiger partial charge in [-0.1, -0.05) is 60.1 Å². The molecule has 0 saturated heterocycles. The minimum absolute atomic E-state index is 0.490. The van der Waals surface area contributed by atoms with E-state index in [2.05, 4.69) is 41.9 Å². The molecule has 3 aromatic rings. The average Bonchev–Trinajstić information content (AvgIpc) is 2.78. The van der Waals surface area contributed by atoms with Crippen molar-refractivity contribution < 1.29 is 13.5 Å². The second-order valence-electron chi connectivity index (χ2n) is 8.76. The number of methoxy groups -OCH3 is 1. The number of alkyl halides is 2. The molecule has 4 rings (SSSR count). The first-order valence-corrected chi connectivity index (χ1v) is 11.7. The van der Waals surface area contributed by atoms with Gasteiger partial charge in [-0.05, 0) is 77.4 Å². The number of fused-ring (bicyclic) bond motifs is 1. The molecule has 0 fully saturated rings. The molecular weight excluding hydrogens is 472 g/mol. The zero-order chi connectivity index (χ0) is 22.9. The Kier molecular flexibility index (Phi) is 6.57. The van der Waals surface area contributed by atoms with Gasteiger partial charge in [0.2, 0.25) is 0 Å². The van der Waals surface area contributed by atoms with Crippen LogP contribution in [0.3, 0.4) is 0 Å². The van der Waals surface area contributed by atoms with Gasteiger partial charge in [-0.3, -0.25) is 0 Å². The minimum atomic E-state index is -2.63. The Hall–Kier alpha value is -2.40. The summed E-state index contributed by atoms with van der Waals surface area (Å²) in [5.41, 5.74) is 2.56. The van der Waals surface area contributed by atoms with E-state index in [1.54, 1.807) is 25.3 Å². The van der Waals surface area contributed by atoms with Crippen molar-refractivity contribution in [1.82, 2.24) is 0 Å². The van der Waals surface area contributed by atoms with Crippen LogP contribution >= 0.6 is 15.9 Å². The summed E-state index contributed by atoms with van der Waals surface area (Å²) in [7, 11) is 1.60. The van der Waals surface area contributed by atoms with Crippen LogP contribution < -0.4 is 9.64 Å². The van der Waals surface area contributed by atoms with Gasteiger partial charge in [0.1, 0.15) is 5.75 Å². The molecule has 1 aliphatic heterocycles. The highest BCUT2D eigenvalue weighted by Crippen LogP contribution is 2.48. The lowest BCUT2D eigenvalue weighted by atomic mass is 9.75. The van der Waals surface area contributed by atoms with Crippen molar-refractivity contribution in [2.24, 2.45) is 5.92 Å². The van der Waals surface area contributed by atoms with E-state index >= 15 is 8.78 Å². The summed E-state index contributed by atoms with van der Waals surface area (Å²) in [6.07, 6.45) is -0.993. The number of rotatable bonds is 6. The number of hydrogen-bond donors (Lipinski definition) is 0. The van der Waals surface area contributed by atoms with Crippen LogP contribution in [0.15, 0.2) is 71.2 Å². The molecule has 0 aromatic heterocycles. The van der Waals surface area contributed by atoms with Crippen molar-refractivity contribution in [3.8, 4) is 5.75 Å². The predicted molar refractivity (Wildman–Crippen MR) is 130 cm³/mol. The molecule has 2 nitrogen and oxygen atoms in total. The van der Waals surface area contributed by atoms with Gasteiger partial charge in [0, 0.05) is 16.7 Å². The Morgan fingerprint density at radius 1 is 1.00 bits per heavy atom. The third kappa shape index (κ3) is 4.03. The van der Waals surface area contributed by atoms with Crippen molar-refractivity contribution >= 4 is 21.6 Å². The van der Waals surface area contributed by atoms with Crippen molar-refractivity contribution in [1.29, 1.82) is 0 Å². The van der Waals surface area contributed by atoms with Crippen LogP contribution in [0.1, 0.15) is 36.1 Å². The SMILES string of the molecule is COc1ccc2c(c1)CCN(c1ccc(CC(C)C)cc1)C2(c1ccc(Br)cc1)C(F)F. The first-order chi connectivity index (χ1) is 15.4. The van der Waals surface area contributed by atoms with Crippen LogP contribution in [0, 0.1) is 5.92 Å². The molecule has 1 heterocycles. The molecule has 0 saturated carbocycles. The van der Waals surface area contributed by atoms with Crippen molar-refractivity contribution in [2.75, 3.05) is 18.6 Å². The highest BCUT2D eigenvalue weighted by molar-refractivity contribution is 9.10. The number of ether oxygens (including phenoxy) is 1. The van der Waals surface area contributed by atoms with Crippen LogP contribution in [0.25, 0.3) is 0 Å². The minimum Gasteiger partial charge on any atom is -0.497 e. The zero-order valence-electron chi connectivity index (χ0n) is 18.6. The standard InChI is InChI=1S/C27H28BrF2NO/c1-18(2)16-19-4-10-23(11-5-19)31-15-14-20-17-24(32-3)12-13-25(20)27(31,26(29)30)21-6-8-22(28)9-7-21/h4-13,17-18,26H,14-16H2,1-3H3. The molecule has 168 valence electrons. The second-order valence-corrected chi connectivity index (χ2v) is 9.68. The molecule has 0 amide bonds. The van der Waals surface area contributed by atoms with Gasteiger partial charge < -0.3 is 9.64 Å². The molecular formula is C27H28BrF2NO. The van der Waals surface area contributed by atoms with E-state index in [-0.39, 0.29) is 0 Å². The molecule has 1 aliphatic rings. The van der Waals surface area contributed by atoms with Gasteiger partial charge in [0.25, 0.3) is 6.43 Å². The molecule has 0 spiro atoms. The Labute approximate surface area is 197 Å². The van der Waals surface area contributed by atoms with E-state index in [4.69, 9.17) is 4.74 Å². The molecule has 1 unspecified atom stereocenters. The van der Waals surface area contributed by atoms with Crippen LogP contribution in [-0.2, 0) is 18.4 Å². The average molecular weight is 500 g/mol. The van der Waals surface area contributed by atoms with Gasteiger partial charge in [-0.15, -0.1) is 0 Å². The van der Waals surface area contributed by atoms with E-state index in [1.807, 2.05) is 41.3 Å². The van der Waals surface area contributed by atoms with E-state index in [0.717, 1.165) is 22.1 Å². The summed E-state index contributed by atoms with van der Waals surface area (Å²) in [6, 6.07) is 20.9. The maximum atomic E-state index is 15.3. The lowest BCUT2D eigenvalue weighted by Gasteiger charge is -2.49. The third-order valence-corrected chi connectivity index (χ3v) is 6.77. The third-order valence-electron chi connectivity index (χ3n) is 6.25. The maximum Gasteiger partial charge on any atom is 0.269 e. The fraction of sp³-hybridized carbons (Fsp3) is 0.333. The Morgan fingerprint density at radius 2 is 1.69 bits per heavy atom. The monoisotopic (exact) mass is 499 g/mol. The summed E-state index contributed by atoms with van der Waals surface area (Å²) >= 11 is 3.44. The molecule has 3 aromatic carbocycles. The molecule has 0 aliphatic carbocycles. The number of benzene rings is 3. The van der Waals surface area contributed by atoms with Gasteiger partial charge >= 0.3 is 0 Å². The normalized spacial score (nSPS) is 18.2. The van der Waals surface area contributed by atoms with Crippen LogP contribution in [-0.4, -0.2) is 20.1 Å². The lowest BCUT2D eigenvalue weighted by molar-refractivity contribution is 0.0653. The molecule has 5 heteroatoms. The molecule has 0 bridgehead atoms. The quantitative estimate of drug-likeness (QED) is 0.354. The fourth-order valence-electron chi connectivity index (χ4n) is 4.82. The first-order valence-electron chi connectivity index (χ1n) is 10.9. The van der Waals surface area contributed by atoms with Crippen LogP contribution in [0.5, 0.6) is 5.75 Å². The van der Waals surface area contributed by atoms with Gasteiger partial charge in [0.15, 0.2) is 5.54 Å². The lowest BCUT2D eigenvalue weighted by Crippen LogP contribution is -2.56. The number of anilines is 1. The highest BCUT2D eigenvalue weighted by Gasteiger charge is 2.51. The summed E-state index contributed by atoms with van der Waals surface area (Å²) in [5, 5.41) is 0. The summed E-state index contributed by atoms with van der Waals surface area (Å²) in [6.45, 7) is 4.85. The molecule has 0 N–H and O–H groups in total. The Morgan fingerprint density at radius 3 is 2.28 bits per heavy atom. The van der Waals surface area contributed by atoms with Gasteiger partial charge in [-0.2, -0.15) is 0 Å². The zero-order valence-corrected chi connectivity index (χ0v) is 20.2. The summed E-state index contributed by atoms with van der Waals surface area (Å²) in [5.74, 6) is 1.23. The fourth-order valence-corrected chi connectivity index (χ4v) is 5.09. The van der Waals surface area contributed by atoms with E-state index in [9.17, 15) is 0 Å². The Bertz CT molecular complexity index is 1070. The van der Waals surface area contributed by atoms with E-state index in [1.165, 1.54) is 5.56 Å². The van der Waals surface area contributed by atoms with E-state index < -0.39 is 12.0 Å². The van der Waals surface area contributed by atoms with E-state index in [0.29, 0.717) is 35.8 Å². The largest absolute Gasteiger partial charge is 0.497 e. The molecule has 0 radical (unpaired) electrons. The highest BCUT2D eigenvalue weighted by atomic mass is 79.9.